The molecule has 0 aliphatic rings. The molecule has 6 nitrogen and oxygen atoms in total. The Hall–Kier alpha value is -3.22. The first kappa shape index (κ1) is 20.1. The van der Waals surface area contributed by atoms with E-state index < -0.39 is 0 Å². The highest BCUT2D eigenvalue weighted by molar-refractivity contribution is 5.91. The fraction of sp³-hybridized carbons (Fsp3) is 0.143. The summed E-state index contributed by atoms with van der Waals surface area (Å²) in [6.07, 6.45) is 3.41. The zero-order chi connectivity index (χ0) is 18.5. The fourth-order valence-electron chi connectivity index (χ4n) is 2.76. The van der Waals surface area contributed by atoms with E-state index in [-0.39, 0.29) is 7.43 Å². The van der Waals surface area contributed by atoms with Gasteiger partial charge in [0.05, 0.1) is 0 Å². The molecule has 0 bridgehead atoms. The Kier molecular flexibility index (Phi) is 6.65. The molecule has 0 aliphatic heterocycles. The maximum atomic E-state index is 5.71. The van der Waals surface area contributed by atoms with Crippen molar-refractivity contribution in [1.29, 1.82) is 0 Å². The summed E-state index contributed by atoms with van der Waals surface area (Å²) in [6, 6.07) is 15.8. The fourth-order valence-corrected chi connectivity index (χ4v) is 2.76. The van der Waals surface area contributed by atoms with Gasteiger partial charge in [-0.2, -0.15) is 0 Å². The Labute approximate surface area is 159 Å². The van der Waals surface area contributed by atoms with Crippen molar-refractivity contribution in [1.82, 2.24) is 9.97 Å². The molecular formula is C21H26N6. The first-order chi connectivity index (χ1) is 12.6. The van der Waals surface area contributed by atoms with Crippen molar-refractivity contribution in [2.75, 3.05) is 11.5 Å². The number of nitrogens with two attached hydrogens (primary N) is 4. The third-order valence-corrected chi connectivity index (χ3v) is 4.19. The van der Waals surface area contributed by atoms with Gasteiger partial charge in [0.1, 0.15) is 11.6 Å². The van der Waals surface area contributed by atoms with Crippen LogP contribution in [-0.2, 0) is 13.1 Å². The minimum absolute atomic E-state index is 0. The van der Waals surface area contributed by atoms with Gasteiger partial charge in [-0.05, 0) is 46.2 Å². The molecule has 0 spiro atoms. The van der Waals surface area contributed by atoms with Crippen LogP contribution in [0.1, 0.15) is 18.6 Å². The third kappa shape index (κ3) is 4.49. The molecule has 8 N–H and O–H groups in total. The van der Waals surface area contributed by atoms with Gasteiger partial charge in [0, 0.05) is 36.3 Å². The van der Waals surface area contributed by atoms with Gasteiger partial charge in [0.25, 0.3) is 0 Å². The largest absolute Gasteiger partial charge is 0.383 e. The maximum absolute atomic E-state index is 5.71. The van der Waals surface area contributed by atoms with Crippen LogP contribution < -0.4 is 22.9 Å². The number of aromatic nitrogens is 2. The molecule has 0 atom stereocenters. The zero-order valence-corrected chi connectivity index (χ0v) is 14.4. The predicted octanol–water partition coefficient (Wildman–Crippen LogP) is 3.19. The molecule has 0 fully saturated rings. The van der Waals surface area contributed by atoms with Gasteiger partial charge in [0.2, 0.25) is 0 Å². The summed E-state index contributed by atoms with van der Waals surface area (Å²) < 4.78 is 0. The van der Waals surface area contributed by atoms with Crippen molar-refractivity contribution in [2.45, 2.75) is 20.5 Å². The number of nitrogens with zero attached hydrogens (tertiary/aromatic N) is 2. The van der Waals surface area contributed by atoms with Gasteiger partial charge in [-0.3, -0.25) is 0 Å². The molecule has 2 heterocycles. The van der Waals surface area contributed by atoms with Gasteiger partial charge in [0.15, 0.2) is 0 Å². The number of fused-ring (bicyclic) bond motifs is 2. The highest BCUT2D eigenvalue weighted by Gasteiger charge is 1.99. The van der Waals surface area contributed by atoms with E-state index in [1.165, 1.54) is 0 Å². The minimum atomic E-state index is 0. The van der Waals surface area contributed by atoms with E-state index in [1.807, 2.05) is 48.5 Å². The van der Waals surface area contributed by atoms with Crippen LogP contribution in [0.25, 0.3) is 21.5 Å². The molecule has 2 aromatic heterocycles. The summed E-state index contributed by atoms with van der Waals surface area (Å²) in [5, 5.41) is 4.16. The highest BCUT2D eigenvalue weighted by Crippen LogP contribution is 2.20. The number of hydrogen-bond acceptors (Lipinski definition) is 6. The lowest BCUT2D eigenvalue weighted by Gasteiger charge is -2.02. The smallest absolute Gasteiger partial charge is 0.131 e. The zero-order valence-electron chi connectivity index (χ0n) is 14.4. The summed E-state index contributed by atoms with van der Waals surface area (Å²) >= 11 is 0. The van der Waals surface area contributed by atoms with E-state index >= 15 is 0 Å². The lowest BCUT2D eigenvalue weighted by molar-refractivity contribution is 1.08. The van der Waals surface area contributed by atoms with Crippen LogP contribution in [0, 0.1) is 0 Å². The van der Waals surface area contributed by atoms with Crippen molar-refractivity contribution in [3.8, 4) is 0 Å². The van der Waals surface area contributed by atoms with Gasteiger partial charge >= 0.3 is 0 Å². The van der Waals surface area contributed by atoms with Crippen molar-refractivity contribution < 1.29 is 0 Å². The Balaban J connectivity index is 0.000000187. The SMILES string of the molecule is C.NCc1ccc2c(N)nccc2c1.NCc1ccc2c(N)nccc2c1. The van der Waals surface area contributed by atoms with E-state index in [2.05, 4.69) is 9.97 Å². The van der Waals surface area contributed by atoms with Crippen molar-refractivity contribution in [3.05, 3.63) is 72.1 Å². The highest BCUT2D eigenvalue weighted by atomic mass is 14.8. The van der Waals surface area contributed by atoms with E-state index in [4.69, 9.17) is 22.9 Å². The van der Waals surface area contributed by atoms with Crippen LogP contribution in [0.5, 0.6) is 0 Å². The second-order valence-electron chi connectivity index (χ2n) is 5.91. The van der Waals surface area contributed by atoms with Gasteiger partial charge < -0.3 is 22.9 Å². The average molecular weight is 362 g/mol. The van der Waals surface area contributed by atoms with E-state index in [0.29, 0.717) is 24.7 Å². The second-order valence-corrected chi connectivity index (χ2v) is 5.91. The summed E-state index contributed by atoms with van der Waals surface area (Å²) in [5.41, 5.74) is 24.7. The molecule has 27 heavy (non-hydrogen) atoms. The van der Waals surface area contributed by atoms with Crippen LogP contribution in [0.15, 0.2) is 60.9 Å². The van der Waals surface area contributed by atoms with Crippen LogP contribution >= 0.6 is 0 Å². The van der Waals surface area contributed by atoms with E-state index in [1.54, 1.807) is 12.4 Å². The van der Waals surface area contributed by atoms with Crippen LogP contribution in [-0.4, -0.2) is 9.97 Å². The van der Waals surface area contributed by atoms with Gasteiger partial charge in [-0.1, -0.05) is 31.7 Å². The van der Waals surface area contributed by atoms with Gasteiger partial charge in [-0.15, -0.1) is 0 Å². The van der Waals surface area contributed by atoms with Crippen LogP contribution in [0.4, 0.5) is 11.6 Å². The molecule has 4 aromatic rings. The molecule has 140 valence electrons. The summed E-state index contributed by atoms with van der Waals surface area (Å²) in [7, 11) is 0. The molecule has 0 saturated carbocycles. The molecule has 0 unspecified atom stereocenters. The second kappa shape index (κ2) is 8.93. The first-order valence-corrected chi connectivity index (χ1v) is 8.28. The molecule has 4 rings (SSSR count). The Morgan fingerprint density at radius 2 is 1.04 bits per heavy atom. The van der Waals surface area contributed by atoms with E-state index in [0.717, 1.165) is 32.7 Å². The lowest BCUT2D eigenvalue weighted by atomic mass is 10.1. The molecule has 6 heteroatoms. The maximum Gasteiger partial charge on any atom is 0.131 e. The van der Waals surface area contributed by atoms with Crippen molar-refractivity contribution in [3.63, 3.8) is 0 Å². The number of rotatable bonds is 2. The predicted molar refractivity (Wildman–Crippen MR) is 115 cm³/mol. The van der Waals surface area contributed by atoms with Gasteiger partial charge in [-0.25, -0.2) is 9.97 Å². The Morgan fingerprint density at radius 1 is 0.630 bits per heavy atom. The minimum Gasteiger partial charge on any atom is -0.383 e. The summed E-state index contributed by atoms with van der Waals surface area (Å²) in [5.74, 6) is 1.14. The number of benzene rings is 2. The topological polar surface area (TPSA) is 130 Å². The quantitative estimate of drug-likeness (QED) is 0.433. The summed E-state index contributed by atoms with van der Waals surface area (Å²) in [4.78, 5) is 8.02. The Morgan fingerprint density at radius 3 is 1.41 bits per heavy atom. The summed E-state index contributed by atoms with van der Waals surface area (Å²) in [6.45, 7) is 1.11. The number of nitrogen functional groups attached to an aromatic ring is 2. The van der Waals surface area contributed by atoms with Crippen molar-refractivity contribution in [2.24, 2.45) is 11.5 Å². The molecule has 2 aromatic carbocycles. The van der Waals surface area contributed by atoms with Crippen molar-refractivity contribution >= 4 is 33.2 Å². The Bertz CT molecular complexity index is 960. The third-order valence-electron chi connectivity index (χ3n) is 4.19. The lowest BCUT2D eigenvalue weighted by Crippen LogP contribution is -1.96. The molecular weight excluding hydrogens is 336 g/mol. The normalized spacial score (nSPS) is 10.1. The average Bonchev–Trinajstić information content (AvgIpc) is 2.68. The number of pyridine rings is 2. The number of hydrogen-bond donors (Lipinski definition) is 4. The van der Waals surface area contributed by atoms with Crippen LogP contribution in [0.3, 0.4) is 0 Å². The molecule has 0 saturated heterocycles. The monoisotopic (exact) mass is 362 g/mol. The standard InChI is InChI=1S/2C10H11N3.CH4/c2*11-6-7-1-2-9-8(5-7)3-4-13-10(9)12;/h2*1-5H,6,11H2,(H2,12,13);1H4. The molecule has 0 radical (unpaired) electrons. The first-order valence-electron chi connectivity index (χ1n) is 8.28. The van der Waals surface area contributed by atoms with Crippen LogP contribution in [0.2, 0.25) is 0 Å². The molecule has 0 amide bonds. The number of anilines is 2. The molecule has 0 aliphatic carbocycles. The van der Waals surface area contributed by atoms with E-state index in [9.17, 15) is 0 Å².